The van der Waals surface area contributed by atoms with E-state index in [0.717, 1.165) is 19.3 Å². The van der Waals surface area contributed by atoms with Gasteiger partial charge in [0.1, 0.15) is 10.4 Å². The molecule has 128 valence electrons. The van der Waals surface area contributed by atoms with Crippen molar-refractivity contribution in [1.82, 2.24) is 5.32 Å². The number of amides is 1. The topological polar surface area (TPSA) is 61.7 Å². The van der Waals surface area contributed by atoms with Gasteiger partial charge in [-0.05, 0) is 70.6 Å². The molecule has 1 amide bonds. The quantitative estimate of drug-likeness (QED) is 0.811. The molecule has 1 aliphatic heterocycles. The molecular weight excluding hydrogens is 315 g/mol. The standard InChI is InChI=1S/C17H25FN2O2S/c1-15(2,22)16(3)13(21)20-14(23-16)19-12-10-4-9-5-11(12)8-17(18,6-9)7-10/h9-12,22H,4-8H2,1-3H3,(H,19,20,21)/t9?,10?,11?,12-,16?,17-. The van der Waals surface area contributed by atoms with Gasteiger partial charge in [0.15, 0.2) is 5.17 Å². The molecule has 0 aromatic rings. The summed E-state index contributed by atoms with van der Waals surface area (Å²) in [6.45, 7) is 5.03. The molecule has 4 fully saturated rings. The van der Waals surface area contributed by atoms with Crippen LogP contribution < -0.4 is 5.32 Å². The predicted molar refractivity (Wildman–Crippen MR) is 89.1 cm³/mol. The van der Waals surface area contributed by atoms with E-state index in [0.29, 0.717) is 35.8 Å². The predicted octanol–water partition coefficient (Wildman–Crippen LogP) is 2.65. The van der Waals surface area contributed by atoms with Crippen LogP contribution in [0.3, 0.4) is 0 Å². The van der Waals surface area contributed by atoms with Gasteiger partial charge < -0.3 is 10.4 Å². The van der Waals surface area contributed by atoms with Crippen LogP contribution in [-0.2, 0) is 4.79 Å². The van der Waals surface area contributed by atoms with Crippen molar-refractivity contribution in [2.75, 3.05) is 0 Å². The van der Waals surface area contributed by atoms with Crippen molar-refractivity contribution >= 4 is 22.8 Å². The number of thioether (sulfide) groups is 1. The summed E-state index contributed by atoms with van der Waals surface area (Å²) in [5, 5.41) is 14.4. The van der Waals surface area contributed by atoms with Gasteiger partial charge in [0.25, 0.3) is 5.91 Å². The summed E-state index contributed by atoms with van der Waals surface area (Å²) < 4.78 is 13.8. The summed E-state index contributed by atoms with van der Waals surface area (Å²) >= 11 is 1.32. The molecule has 4 saturated carbocycles. The third kappa shape index (κ3) is 2.36. The first-order valence-corrected chi connectivity index (χ1v) is 9.41. The Labute approximate surface area is 140 Å². The van der Waals surface area contributed by atoms with Crippen LogP contribution in [0, 0.1) is 17.8 Å². The van der Waals surface area contributed by atoms with Crippen LogP contribution in [0.25, 0.3) is 0 Å². The second-order valence-electron chi connectivity index (χ2n) is 8.71. The first-order chi connectivity index (χ1) is 10.6. The van der Waals surface area contributed by atoms with E-state index in [9.17, 15) is 14.3 Å². The molecule has 0 spiro atoms. The number of alkyl halides is 1. The van der Waals surface area contributed by atoms with Crippen LogP contribution in [0.4, 0.5) is 4.39 Å². The fourth-order valence-corrected chi connectivity index (χ4v) is 6.30. The first kappa shape index (κ1) is 15.9. The van der Waals surface area contributed by atoms with E-state index in [1.54, 1.807) is 20.8 Å². The normalized spacial score (nSPS) is 48.7. The molecule has 4 bridgehead atoms. The Morgan fingerprint density at radius 2 is 1.91 bits per heavy atom. The van der Waals surface area contributed by atoms with E-state index in [1.165, 1.54) is 11.8 Å². The number of amidine groups is 1. The largest absolute Gasteiger partial charge is 0.388 e. The molecule has 0 saturated heterocycles. The maximum Gasteiger partial charge on any atom is 0.267 e. The van der Waals surface area contributed by atoms with E-state index in [4.69, 9.17) is 0 Å². The minimum Gasteiger partial charge on any atom is -0.388 e. The summed E-state index contributed by atoms with van der Waals surface area (Å²) in [4.78, 5) is 16.4. The third-order valence-electron chi connectivity index (χ3n) is 6.57. The third-order valence-corrected chi connectivity index (χ3v) is 8.05. The number of nitrogens with zero attached hydrogens (tertiary/aromatic N) is 1. The summed E-state index contributed by atoms with van der Waals surface area (Å²) in [7, 11) is 0. The Morgan fingerprint density at radius 3 is 2.39 bits per heavy atom. The zero-order chi connectivity index (χ0) is 16.6. The maximum absolute atomic E-state index is 14.8. The monoisotopic (exact) mass is 340 g/mol. The molecule has 4 nitrogen and oxygen atoms in total. The molecule has 23 heavy (non-hydrogen) atoms. The summed E-state index contributed by atoms with van der Waals surface area (Å²) in [6, 6.07) is 0.221. The molecule has 4 aliphatic carbocycles. The molecule has 3 unspecified atom stereocenters. The molecular formula is C17H25FN2O2S. The van der Waals surface area contributed by atoms with Gasteiger partial charge in [0.05, 0.1) is 5.60 Å². The van der Waals surface area contributed by atoms with E-state index in [-0.39, 0.29) is 11.9 Å². The fourth-order valence-electron chi connectivity index (χ4n) is 5.21. The van der Waals surface area contributed by atoms with Crippen LogP contribution >= 0.6 is 11.8 Å². The molecule has 3 atom stereocenters. The molecule has 0 aromatic carbocycles. The van der Waals surface area contributed by atoms with Crippen molar-refractivity contribution < 1.29 is 14.3 Å². The molecule has 5 rings (SSSR count). The number of halogens is 1. The van der Waals surface area contributed by atoms with Gasteiger partial charge >= 0.3 is 0 Å². The molecule has 5 aliphatic rings. The Kier molecular flexibility index (Phi) is 3.26. The highest BCUT2D eigenvalue weighted by molar-refractivity contribution is 8.16. The van der Waals surface area contributed by atoms with Crippen molar-refractivity contribution in [1.29, 1.82) is 0 Å². The second kappa shape index (κ2) is 4.72. The zero-order valence-corrected chi connectivity index (χ0v) is 14.8. The van der Waals surface area contributed by atoms with Gasteiger partial charge in [-0.2, -0.15) is 4.99 Å². The smallest absolute Gasteiger partial charge is 0.267 e. The fraction of sp³-hybridized carbons (Fsp3) is 0.882. The average Bonchev–Trinajstić information content (AvgIpc) is 2.68. The van der Waals surface area contributed by atoms with Crippen LogP contribution in [0.1, 0.15) is 52.9 Å². The zero-order valence-electron chi connectivity index (χ0n) is 13.9. The van der Waals surface area contributed by atoms with Gasteiger partial charge in [0, 0.05) is 6.04 Å². The van der Waals surface area contributed by atoms with Crippen molar-refractivity contribution in [3.05, 3.63) is 0 Å². The lowest BCUT2D eigenvalue weighted by molar-refractivity contribution is -0.124. The lowest BCUT2D eigenvalue weighted by Crippen LogP contribution is -2.60. The SMILES string of the molecule is CC(C)(O)C1(C)SC(N[C@H]2C3CC4CC2C[C@](F)(C4)C3)=NC1=O. The summed E-state index contributed by atoms with van der Waals surface area (Å²) in [6.07, 6.45) is 4.22. The lowest BCUT2D eigenvalue weighted by atomic mass is 9.53. The number of carbonyl (C=O) groups is 1. The molecule has 0 aromatic heterocycles. The van der Waals surface area contributed by atoms with Gasteiger partial charge in [-0.15, -0.1) is 0 Å². The lowest BCUT2D eigenvalue weighted by Gasteiger charge is -2.57. The van der Waals surface area contributed by atoms with Gasteiger partial charge in [0.2, 0.25) is 0 Å². The van der Waals surface area contributed by atoms with E-state index < -0.39 is 16.0 Å². The van der Waals surface area contributed by atoms with Crippen LogP contribution in [0.15, 0.2) is 4.99 Å². The van der Waals surface area contributed by atoms with Crippen LogP contribution in [0.5, 0.6) is 0 Å². The minimum absolute atomic E-state index is 0.221. The van der Waals surface area contributed by atoms with E-state index in [2.05, 4.69) is 10.3 Å². The van der Waals surface area contributed by atoms with E-state index in [1.807, 2.05) is 0 Å². The molecule has 2 N–H and O–H groups in total. The van der Waals surface area contributed by atoms with Gasteiger partial charge in [-0.1, -0.05) is 11.8 Å². The van der Waals surface area contributed by atoms with Crippen LogP contribution in [-0.4, -0.2) is 38.2 Å². The number of carbonyl (C=O) groups excluding carboxylic acids is 1. The highest BCUT2D eigenvalue weighted by Crippen LogP contribution is 2.57. The van der Waals surface area contributed by atoms with Crippen molar-refractivity contribution in [3.8, 4) is 0 Å². The highest BCUT2D eigenvalue weighted by atomic mass is 32.2. The Bertz CT molecular complexity index is 572. The Morgan fingerprint density at radius 1 is 1.30 bits per heavy atom. The molecule has 6 heteroatoms. The summed E-state index contributed by atoms with van der Waals surface area (Å²) in [5.74, 6) is 0.942. The summed E-state index contributed by atoms with van der Waals surface area (Å²) in [5.41, 5.74) is -2.09. The second-order valence-corrected chi connectivity index (χ2v) is 10.1. The number of hydrogen-bond acceptors (Lipinski definition) is 4. The van der Waals surface area contributed by atoms with Crippen molar-refractivity contribution in [2.24, 2.45) is 22.7 Å². The number of aliphatic imine (C=N–C) groups is 1. The number of hydrogen-bond donors (Lipinski definition) is 2. The first-order valence-electron chi connectivity index (χ1n) is 8.60. The highest BCUT2D eigenvalue weighted by Gasteiger charge is 2.57. The Balaban J connectivity index is 1.50. The molecule has 0 radical (unpaired) electrons. The van der Waals surface area contributed by atoms with Gasteiger partial charge in [-0.25, -0.2) is 4.39 Å². The van der Waals surface area contributed by atoms with Crippen molar-refractivity contribution in [3.63, 3.8) is 0 Å². The number of aliphatic hydroxyl groups is 1. The van der Waals surface area contributed by atoms with Crippen LogP contribution in [0.2, 0.25) is 0 Å². The van der Waals surface area contributed by atoms with Crippen molar-refractivity contribution in [2.45, 2.75) is 74.9 Å². The number of nitrogens with one attached hydrogen (secondary N) is 1. The number of rotatable bonds is 2. The van der Waals surface area contributed by atoms with Gasteiger partial charge in [-0.3, -0.25) is 4.79 Å². The maximum atomic E-state index is 14.8. The minimum atomic E-state index is -1.14. The van der Waals surface area contributed by atoms with E-state index >= 15 is 0 Å². The average molecular weight is 340 g/mol. The Hall–Kier alpha value is -0.620. The molecule has 1 heterocycles.